The quantitative estimate of drug-likeness (QED) is 0.643. The van der Waals surface area contributed by atoms with Crippen LogP contribution < -0.4 is 0 Å². The molecule has 3 aliphatic rings. The molecule has 1 amide bonds. The van der Waals surface area contributed by atoms with Crippen molar-refractivity contribution in [2.45, 2.75) is 18.1 Å². The lowest BCUT2D eigenvalue weighted by molar-refractivity contribution is -0.148. The Balaban J connectivity index is 1.87. The summed E-state index contributed by atoms with van der Waals surface area (Å²) in [5, 5.41) is 18.0. The maximum atomic E-state index is 12.3. The molecular weight excluding hydrogens is 238 g/mol. The number of likely N-dealkylation sites (tertiary alicyclic amines) is 1. The molecule has 0 aliphatic carbocycles. The summed E-state index contributed by atoms with van der Waals surface area (Å²) in [5.74, 6) is -2.53. The molecule has 1 spiro atoms. The van der Waals surface area contributed by atoms with E-state index in [1.54, 1.807) is 11.0 Å². The molecule has 0 saturated carbocycles. The molecule has 2 bridgehead atoms. The Morgan fingerprint density at radius 1 is 1.61 bits per heavy atom. The van der Waals surface area contributed by atoms with Crippen molar-refractivity contribution < 1.29 is 24.5 Å². The number of nitrogens with zero attached hydrogens (tertiary/aromatic N) is 1. The van der Waals surface area contributed by atoms with Crippen LogP contribution in [0.25, 0.3) is 0 Å². The number of rotatable bonds is 4. The van der Waals surface area contributed by atoms with E-state index in [0.29, 0.717) is 19.5 Å². The minimum Gasteiger partial charge on any atom is -0.481 e. The average molecular weight is 253 g/mol. The van der Waals surface area contributed by atoms with E-state index < -0.39 is 29.5 Å². The highest BCUT2D eigenvalue weighted by molar-refractivity contribution is 5.90. The Labute approximate surface area is 104 Å². The second kappa shape index (κ2) is 3.80. The van der Waals surface area contributed by atoms with Gasteiger partial charge in [-0.2, -0.15) is 0 Å². The fourth-order valence-electron chi connectivity index (χ4n) is 3.31. The van der Waals surface area contributed by atoms with E-state index >= 15 is 0 Å². The number of carbonyl (C=O) groups excluding carboxylic acids is 1. The van der Waals surface area contributed by atoms with Crippen LogP contribution in [0.5, 0.6) is 0 Å². The first-order chi connectivity index (χ1) is 8.59. The number of carbonyl (C=O) groups is 2. The Kier molecular flexibility index (Phi) is 2.46. The van der Waals surface area contributed by atoms with Crippen LogP contribution in [-0.4, -0.2) is 58.4 Å². The van der Waals surface area contributed by atoms with Gasteiger partial charge in [0, 0.05) is 13.2 Å². The molecule has 2 fully saturated rings. The van der Waals surface area contributed by atoms with Crippen molar-refractivity contribution in [3.63, 3.8) is 0 Å². The molecule has 4 unspecified atom stereocenters. The summed E-state index contributed by atoms with van der Waals surface area (Å²) in [4.78, 5) is 25.1. The van der Waals surface area contributed by atoms with Crippen LogP contribution in [0.3, 0.4) is 0 Å². The monoisotopic (exact) mass is 253 g/mol. The zero-order valence-corrected chi connectivity index (χ0v) is 9.78. The van der Waals surface area contributed by atoms with Gasteiger partial charge in [-0.05, 0) is 6.42 Å². The molecule has 0 aromatic carbocycles. The largest absolute Gasteiger partial charge is 0.481 e. The van der Waals surface area contributed by atoms with Gasteiger partial charge < -0.3 is 19.8 Å². The van der Waals surface area contributed by atoms with Crippen molar-refractivity contribution in [2.24, 2.45) is 11.8 Å². The lowest BCUT2D eigenvalue weighted by Crippen LogP contribution is -2.39. The molecule has 3 aliphatic heterocycles. The third kappa shape index (κ3) is 1.36. The van der Waals surface area contributed by atoms with E-state index in [2.05, 4.69) is 0 Å². The number of fused-ring (bicyclic) bond motifs is 1. The number of aliphatic carboxylic acids is 1. The van der Waals surface area contributed by atoms with Gasteiger partial charge in [0.25, 0.3) is 0 Å². The number of amides is 1. The Morgan fingerprint density at radius 3 is 3.06 bits per heavy atom. The summed E-state index contributed by atoms with van der Waals surface area (Å²) < 4.78 is 5.72. The van der Waals surface area contributed by atoms with Gasteiger partial charge in [-0.3, -0.25) is 9.59 Å². The van der Waals surface area contributed by atoms with Crippen molar-refractivity contribution in [3.8, 4) is 0 Å². The number of hydrogen-bond acceptors (Lipinski definition) is 4. The van der Waals surface area contributed by atoms with E-state index in [9.17, 15) is 14.7 Å². The number of carboxylic acid groups (broad SMARTS) is 1. The van der Waals surface area contributed by atoms with E-state index in [1.807, 2.05) is 6.08 Å². The van der Waals surface area contributed by atoms with Crippen LogP contribution in [0, 0.1) is 11.8 Å². The number of hydrogen-bond donors (Lipinski definition) is 2. The number of aliphatic hydroxyl groups is 1. The zero-order valence-electron chi connectivity index (χ0n) is 9.78. The summed E-state index contributed by atoms with van der Waals surface area (Å²) in [5.41, 5.74) is -0.750. The third-order valence-electron chi connectivity index (χ3n) is 4.05. The first kappa shape index (κ1) is 11.7. The van der Waals surface area contributed by atoms with Crippen molar-refractivity contribution in [3.05, 3.63) is 12.2 Å². The van der Waals surface area contributed by atoms with E-state index in [1.165, 1.54) is 0 Å². The maximum absolute atomic E-state index is 12.3. The Morgan fingerprint density at radius 2 is 2.39 bits per heavy atom. The number of aliphatic hydroxyl groups excluding tert-OH is 1. The molecule has 0 aromatic heterocycles. The van der Waals surface area contributed by atoms with Crippen molar-refractivity contribution in [1.82, 2.24) is 4.90 Å². The molecule has 0 aromatic rings. The van der Waals surface area contributed by atoms with Crippen LogP contribution in [0.1, 0.15) is 6.42 Å². The predicted octanol–water partition coefficient (Wildman–Crippen LogP) is -0.765. The standard InChI is InChI=1S/C12H15NO5/c14-5-1-4-13-6-12-3-2-7(18-12)8(11(16)17)9(12)10(13)15/h2-3,7-9,14H,1,4-6H2,(H,16,17). The molecule has 3 heterocycles. The maximum Gasteiger partial charge on any atom is 0.310 e. The predicted molar refractivity (Wildman–Crippen MR) is 59.6 cm³/mol. The lowest BCUT2D eigenvalue weighted by atomic mass is 9.77. The van der Waals surface area contributed by atoms with Gasteiger partial charge in [0.2, 0.25) is 5.91 Å². The summed E-state index contributed by atoms with van der Waals surface area (Å²) in [6, 6.07) is 0. The smallest absolute Gasteiger partial charge is 0.310 e. The molecule has 2 saturated heterocycles. The van der Waals surface area contributed by atoms with Crippen molar-refractivity contribution in [1.29, 1.82) is 0 Å². The van der Waals surface area contributed by atoms with E-state index in [0.717, 1.165) is 0 Å². The van der Waals surface area contributed by atoms with Gasteiger partial charge in [0.15, 0.2) is 0 Å². The molecular formula is C12H15NO5. The molecule has 18 heavy (non-hydrogen) atoms. The highest BCUT2D eigenvalue weighted by atomic mass is 16.5. The molecule has 2 N–H and O–H groups in total. The fourth-order valence-corrected chi connectivity index (χ4v) is 3.31. The average Bonchev–Trinajstić information content (AvgIpc) is 2.95. The van der Waals surface area contributed by atoms with Gasteiger partial charge in [0.05, 0.1) is 18.6 Å². The zero-order chi connectivity index (χ0) is 12.9. The minimum atomic E-state index is -0.978. The van der Waals surface area contributed by atoms with Gasteiger partial charge in [0.1, 0.15) is 11.5 Å². The van der Waals surface area contributed by atoms with Gasteiger partial charge in [-0.15, -0.1) is 0 Å². The van der Waals surface area contributed by atoms with Crippen molar-refractivity contribution >= 4 is 11.9 Å². The topological polar surface area (TPSA) is 87.1 Å². The lowest BCUT2D eigenvalue weighted by Gasteiger charge is -2.21. The normalized spacial score (nSPS) is 40.6. The number of carboxylic acids is 1. The number of ether oxygens (including phenoxy) is 1. The van der Waals surface area contributed by atoms with Crippen LogP contribution in [0.15, 0.2) is 12.2 Å². The van der Waals surface area contributed by atoms with E-state index in [-0.39, 0.29) is 12.5 Å². The highest BCUT2D eigenvalue weighted by Gasteiger charge is 2.66. The SMILES string of the molecule is O=C(O)C1C2C=CC3(CN(CCCO)C(=O)C13)O2. The van der Waals surface area contributed by atoms with Crippen LogP contribution in [-0.2, 0) is 14.3 Å². The van der Waals surface area contributed by atoms with Crippen LogP contribution >= 0.6 is 0 Å². The second-order valence-corrected chi connectivity index (χ2v) is 5.08. The summed E-state index contributed by atoms with van der Waals surface area (Å²) in [7, 11) is 0. The summed E-state index contributed by atoms with van der Waals surface area (Å²) >= 11 is 0. The fraction of sp³-hybridized carbons (Fsp3) is 0.667. The van der Waals surface area contributed by atoms with Crippen molar-refractivity contribution in [2.75, 3.05) is 19.7 Å². The summed E-state index contributed by atoms with van der Waals surface area (Å²) in [6.45, 7) is 0.859. The van der Waals surface area contributed by atoms with Gasteiger partial charge >= 0.3 is 5.97 Å². The van der Waals surface area contributed by atoms with Gasteiger partial charge in [-0.1, -0.05) is 12.2 Å². The molecule has 4 atom stereocenters. The first-order valence-electron chi connectivity index (χ1n) is 6.09. The second-order valence-electron chi connectivity index (χ2n) is 5.08. The van der Waals surface area contributed by atoms with Gasteiger partial charge in [-0.25, -0.2) is 0 Å². The minimum absolute atomic E-state index is 0.0170. The Hall–Kier alpha value is -1.40. The highest BCUT2D eigenvalue weighted by Crippen LogP contribution is 2.51. The molecule has 0 radical (unpaired) electrons. The molecule has 6 heteroatoms. The Bertz CT molecular complexity index is 434. The molecule has 3 rings (SSSR count). The molecule has 98 valence electrons. The third-order valence-corrected chi connectivity index (χ3v) is 4.05. The van der Waals surface area contributed by atoms with Crippen LogP contribution in [0.4, 0.5) is 0 Å². The summed E-state index contributed by atoms with van der Waals surface area (Å²) in [6.07, 6.45) is 3.60. The van der Waals surface area contributed by atoms with Crippen LogP contribution in [0.2, 0.25) is 0 Å². The molecule has 6 nitrogen and oxygen atoms in total. The first-order valence-corrected chi connectivity index (χ1v) is 6.09. The van der Waals surface area contributed by atoms with E-state index in [4.69, 9.17) is 9.84 Å².